The van der Waals surface area contributed by atoms with Gasteiger partial charge in [-0.05, 0) is 49.8 Å². The lowest BCUT2D eigenvalue weighted by Gasteiger charge is -2.35. The van der Waals surface area contributed by atoms with Crippen LogP contribution in [0.15, 0.2) is 54.6 Å². The zero-order valence-corrected chi connectivity index (χ0v) is 18.9. The van der Waals surface area contributed by atoms with Crippen molar-refractivity contribution in [2.24, 2.45) is 5.92 Å². The van der Waals surface area contributed by atoms with Crippen LogP contribution >= 0.6 is 0 Å². The zero-order valence-electron chi connectivity index (χ0n) is 18.9. The highest BCUT2D eigenvalue weighted by Crippen LogP contribution is 2.24. The smallest absolute Gasteiger partial charge is 0.253 e. The Morgan fingerprint density at radius 2 is 1.61 bits per heavy atom. The number of anilines is 1. The monoisotopic (exact) mass is 421 g/mol. The van der Waals surface area contributed by atoms with Crippen molar-refractivity contribution in [3.8, 4) is 0 Å². The second-order valence-electron chi connectivity index (χ2n) is 8.84. The lowest BCUT2D eigenvalue weighted by molar-refractivity contribution is -0.121. The van der Waals surface area contributed by atoms with Crippen LogP contribution in [0.3, 0.4) is 0 Å². The molecule has 2 amide bonds. The molecule has 0 aliphatic carbocycles. The molecule has 1 saturated heterocycles. The molecule has 1 aliphatic heterocycles. The maximum atomic E-state index is 12.8. The molecule has 1 fully saturated rings. The van der Waals surface area contributed by atoms with E-state index in [4.69, 9.17) is 0 Å². The number of benzene rings is 2. The van der Waals surface area contributed by atoms with E-state index in [2.05, 4.69) is 41.5 Å². The van der Waals surface area contributed by atoms with Gasteiger partial charge in [0.15, 0.2) is 0 Å². The predicted octanol–water partition coefficient (Wildman–Crippen LogP) is 4.18. The Morgan fingerprint density at radius 3 is 2.29 bits per heavy atom. The second-order valence-corrected chi connectivity index (χ2v) is 8.84. The normalized spacial score (nSPS) is 15.5. The van der Waals surface area contributed by atoms with Gasteiger partial charge in [0.2, 0.25) is 5.91 Å². The Morgan fingerprint density at radius 1 is 0.968 bits per heavy atom. The minimum atomic E-state index is -0.0202. The third-order valence-corrected chi connectivity index (χ3v) is 6.19. The highest BCUT2D eigenvalue weighted by molar-refractivity contribution is 6.00. The summed E-state index contributed by atoms with van der Waals surface area (Å²) in [4.78, 5) is 27.5. The molecule has 31 heavy (non-hydrogen) atoms. The Hall–Kier alpha value is -2.82. The summed E-state index contributed by atoms with van der Waals surface area (Å²) in [6, 6.07) is 18.2. The van der Waals surface area contributed by atoms with Gasteiger partial charge in [-0.3, -0.25) is 9.59 Å². The van der Waals surface area contributed by atoms with E-state index >= 15 is 0 Å². The lowest BCUT2D eigenvalue weighted by atomic mass is 10.0. The average Bonchev–Trinajstić information content (AvgIpc) is 2.79. The second kappa shape index (κ2) is 11.0. The topological polar surface area (TPSA) is 61.4 Å². The number of aryl methyl sites for hydroxylation is 1. The van der Waals surface area contributed by atoms with E-state index in [1.54, 1.807) is 0 Å². The Kier molecular flexibility index (Phi) is 8.10. The molecule has 1 aliphatic rings. The SMILES string of the molecule is CC(C)C(C)NC(=O)c1ccccc1N1CCC(NC(=O)CCc2ccccc2)CC1. The van der Waals surface area contributed by atoms with Crippen molar-refractivity contribution in [1.29, 1.82) is 0 Å². The van der Waals surface area contributed by atoms with Gasteiger partial charge >= 0.3 is 0 Å². The lowest BCUT2D eigenvalue weighted by Crippen LogP contribution is -2.45. The van der Waals surface area contributed by atoms with Crippen LogP contribution in [0.1, 0.15) is 56.0 Å². The number of para-hydroxylation sites is 1. The minimum Gasteiger partial charge on any atom is -0.371 e. The third-order valence-electron chi connectivity index (χ3n) is 6.19. The van der Waals surface area contributed by atoms with Gasteiger partial charge in [-0.15, -0.1) is 0 Å². The highest BCUT2D eigenvalue weighted by Gasteiger charge is 2.24. The van der Waals surface area contributed by atoms with Crippen molar-refractivity contribution in [1.82, 2.24) is 10.6 Å². The summed E-state index contributed by atoms with van der Waals surface area (Å²) in [6.07, 6.45) is 3.05. The molecule has 1 heterocycles. The number of hydrogen-bond acceptors (Lipinski definition) is 3. The fourth-order valence-electron chi connectivity index (χ4n) is 3.86. The van der Waals surface area contributed by atoms with E-state index < -0.39 is 0 Å². The van der Waals surface area contributed by atoms with Crippen LogP contribution in [0.25, 0.3) is 0 Å². The van der Waals surface area contributed by atoms with Crippen LogP contribution in [-0.4, -0.2) is 37.0 Å². The summed E-state index contributed by atoms with van der Waals surface area (Å²) < 4.78 is 0. The van der Waals surface area contributed by atoms with Crippen molar-refractivity contribution in [2.75, 3.05) is 18.0 Å². The van der Waals surface area contributed by atoms with Gasteiger partial charge in [0.05, 0.1) is 5.56 Å². The van der Waals surface area contributed by atoms with Crippen LogP contribution in [0.4, 0.5) is 5.69 Å². The quantitative estimate of drug-likeness (QED) is 0.672. The van der Waals surface area contributed by atoms with Crippen molar-refractivity contribution < 1.29 is 9.59 Å². The van der Waals surface area contributed by atoms with E-state index in [-0.39, 0.29) is 23.9 Å². The molecule has 0 saturated carbocycles. The summed E-state index contributed by atoms with van der Waals surface area (Å²) in [5.74, 6) is 0.482. The molecule has 1 unspecified atom stereocenters. The molecule has 2 aromatic rings. The molecular weight excluding hydrogens is 386 g/mol. The predicted molar refractivity (Wildman–Crippen MR) is 126 cm³/mol. The van der Waals surface area contributed by atoms with Crippen LogP contribution in [0.5, 0.6) is 0 Å². The van der Waals surface area contributed by atoms with Crippen LogP contribution in [0.2, 0.25) is 0 Å². The fourth-order valence-corrected chi connectivity index (χ4v) is 3.86. The average molecular weight is 422 g/mol. The summed E-state index contributed by atoms with van der Waals surface area (Å²) >= 11 is 0. The van der Waals surface area contributed by atoms with Crippen LogP contribution < -0.4 is 15.5 Å². The molecule has 0 radical (unpaired) electrons. The molecule has 5 nitrogen and oxygen atoms in total. The summed E-state index contributed by atoms with van der Waals surface area (Å²) in [5.41, 5.74) is 2.89. The third kappa shape index (κ3) is 6.58. The van der Waals surface area contributed by atoms with Crippen molar-refractivity contribution in [3.05, 3.63) is 65.7 Å². The van der Waals surface area contributed by atoms with Gasteiger partial charge in [0.25, 0.3) is 5.91 Å². The molecule has 1 atom stereocenters. The Labute approximate surface area is 186 Å². The molecule has 0 aromatic heterocycles. The van der Waals surface area contributed by atoms with Gasteiger partial charge in [-0.25, -0.2) is 0 Å². The molecule has 2 aromatic carbocycles. The molecule has 3 rings (SSSR count). The zero-order chi connectivity index (χ0) is 22.2. The van der Waals surface area contributed by atoms with Crippen molar-refractivity contribution in [3.63, 3.8) is 0 Å². The Bertz CT molecular complexity index is 858. The van der Waals surface area contributed by atoms with Crippen LogP contribution in [0, 0.1) is 5.92 Å². The first-order valence-electron chi connectivity index (χ1n) is 11.4. The number of hydrogen-bond donors (Lipinski definition) is 2. The minimum absolute atomic E-state index is 0.0202. The number of amides is 2. The molecule has 5 heteroatoms. The highest BCUT2D eigenvalue weighted by atomic mass is 16.2. The van der Waals surface area contributed by atoms with Gasteiger partial charge < -0.3 is 15.5 Å². The van der Waals surface area contributed by atoms with E-state index in [1.165, 1.54) is 5.56 Å². The van der Waals surface area contributed by atoms with E-state index in [0.717, 1.165) is 43.6 Å². The standard InChI is InChI=1S/C26H35N3O2/c1-19(2)20(3)27-26(31)23-11-7-8-12-24(23)29-17-15-22(16-18-29)28-25(30)14-13-21-9-5-4-6-10-21/h4-12,19-20,22H,13-18H2,1-3H3,(H,27,31)(H,28,30). The first-order chi connectivity index (χ1) is 14.9. The Balaban J connectivity index is 1.51. The number of carbonyl (C=O) groups excluding carboxylic acids is 2. The largest absolute Gasteiger partial charge is 0.371 e. The number of nitrogens with one attached hydrogen (secondary N) is 2. The number of rotatable bonds is 8. The van der Waals surface area contributed by atoms with E-state index in [0.29, 0.717) is 12.3 Å². The summed E-state index contributed by atoms with van der Waals surface area (Å²) in [7, 11) is 0. The van der Waals surface area contributed by atoms with Gasteiger partial charge in [-0.2, -0.15) is 0 Å². The maximum Gasteiger partial charge on any atom is 0.253 e. The van der Waals surface area contributed by atoms with Crippen molar-refractivity contribution in [2.45, 2.75) is 58.5 Å². The molecule has 0 bridgehead atoms. The number of carbonyl (C=O) groups is 2. The van der Waals surface area contributed by atoms with E-state index in [1.807, 2.05) is 49.4 Å². The summed E-state index contributed by atoms with van der Waals surface area (Å²) in [5, 5.41) is 6.31. The fraction of sp³-hybridized carbons (Fsp3) is 0.462. The van der Waals surface area contributed by atoms with Crippen LogP contribution in [-0.2, 0) is 11.2 Å². The summed E-state index contributed by atoms with van der Waals surface area (Å²) in [6.45, 7) is 7.91. The first kappa shape index (κ1) is 22.9. The van der Waals surface area contributed by atoms with E-state index in [9.17, 15) is 9.59 Å². The number of piperidine rings is 1. The van der Waals surface area contributed by atoms with Gasteiger partial charge in [-0.1, -0.05) is 56.3 Å². The maximum absolute atomic E-state index is 12.8. The van der Waals surface area contributed by atoms with Gasteiger partial charge in [0.1, 0.15) is 0 Å². The number of nitrogens with zero attached hydrogens (tertiary/aromatic N) is 1. The van der Waals surface area contributed by atoms with Crippen molar-refractivity contribution >= 4 is 17.5 Å². The molecule has 166 valence electrons. The molecule has 2 N–H and O–H groups in total. The van der Waals surface area contributed by atoms with Gasteiger partial charge in [0, 0.05) is 37.3 Å². The first-order valence-corrected chi connectivity index (χ1v) is 11.4. The molecular formula is C26H35N3O2. The molecule has 0 spiro atoms.